The molecule has 5 unspecified atom stereocenters. The predicted octanol–water partition coefficient (Wildman–Crippen LogP) is 0.572. The van der Waals surface area contributed by atoms with Gasteiger partial charge in [-0.1, -0.05) is 13.8 Å². The lowest BCUT2D eigenvalue weighted by atomic mass is 9.95. The van der Waals surface area contributed by atoms with Gasteiger partial charge in [-0.3, -0.25) is 9.59 Å². The van der Waals surface area contributed by atoms with Crippen LogP contribution in [-0.4, -0.2) is 46.2 Å². The van der Waals surface area contributed by atoms with Crippen LogP contribution in [0.15, 0.2) is 0 Å². The van der Waals surface area contributed by atoms with Crippen LogP contribution in [-0.2, 0) is 9.59 Å². The van der Waals surface area contributed by atoms with E-state index in [-0.39, 0.29) is 17.9 Å². The Balaban J connectivity index is 1.97. The topological polar surface area (TPSA) is 77.8 Å². The summed E-state index contributed by atoms with van der Waals surface area (Å²) in [4.78, 5) is 24.8. The molecule has 2 rings (SSSR count). The summed E-state index contributed by atoms with van der Waals surface area (Å²) in [6.45, 7) is 4.50. The second-order valence-corrected chi connectivity index (χ2v) is 5.73. The number of nitrogens with zero attached hydrogens (tertiary/aromatic N) is 1. The third kappa shape index (κ3) is 2.23. The summed E-state index contributed by atoms with van der Waals surface area (Å²) in [5.74, 6) is -1.60. The third-order valence-electron chi connectivity index (χ3n) is 4.66. The maximum Gasteiger partial charge on any atom is 0.307 e. The van der Waals surface area contributed by atoms with Crippen molar-refractivity contribution < 1.29 is 19.8 Å². The minimum atomic E-state index is -0.935. The molecule has 102 valence electrons. The van der Waals surface area contributed by atoms with Crippen molar-refractivity contribution in [3.05, 3.63) is 0 Å². The second-order valence-electron chi connectivity index (χ2n) is 5.73. The van der Waals surface area contributed by atoms with Gasteiger partial charge < -0.3 is 15.1 Å². The van der Waals surface area contributed by atoms with E-state index in [1.807, 2.05) is 0 Å². The van der Waals surface area contributed by atoms with Crippen LogP contribution in [0.5, 0.6) is 0 Å². The van der Waals surface area contributed by atoms with Crippen LogP contribution in [0.25, 0.3) is 0 Å². The van der Waals surface area contributed by atoms with Crippen LogP contribution in [0.2, 0.25) is 0 Å². The number of rotatable bonds is 3. The van der Waals surface area contributed by atoms with Gasteiger partial charge in [0, 0.05) is 24.9 Å². The molecule has 0 radical (unpaired) electrons. The SMILES string of the molecule is CC(C(=O)O)C(C)C(=O)N1CC2CCC(O)C2C1. The van der Waals surface area contributed by atoms with E-state index in [1.54, 1.807) is 18.7 Å². The monoisotopic (exact) mass is 255 g/mol. The molecule has 0 spiro atoms. The first kappa shape index (κ1) is 13.3. The predicted molar refractivity (Wildman–Crippen MR) is 64.8 cm³/mol. The molecule has 2 aliphatic rings. The standard InChI is InChI=1S/C13H21NO4/c1-7(8(2)13(17)18)12(16)14-5-9-3-4-11(15)10(9)6-14/h7-11,15H,3-6H2,1-2H3,(H,17,18). The summed E-state index contributed by atoms with van der Waals surface area (Å²) < 4.78 is 0. The number of amides is 1. The molecule has 1 saturated carbocycles. The Morgan fingerprint density at radius 2 is 1.83 bits per heavy atom. The number of fused-ring (bicyclic) bond motifs is 1. The molecule has 2 N–H and O–H groups in total. The van der Waals surface area contributed by atoms with E-state index in [9.17, 15) is 14.7 Å². The molecule has 5 atom stereocenters. The Hall–Kier alpha value is -1.10. The molecule has 0 aromatic rings. The van der Waals surface area contributed by atoms with Gasteiger partial charge in [0.1, 0.15) is 0 Å². The fraction of sp³-hybridized carbons (Fsp3) is 0.846. The fourth-order valence-corrected chi connectivity index (χ4v) is 3.13. The maximum absolute atomic E-state index is 12.2. The molecule has 1 saturated heterocycles. The average Bonchev–Trinajstić information content (AvgIpc) is 2.89. The van der Waals surface area contributed by atoms with Crippen LogP contribution in [0.1, 0.15) is 26.7 Å². The zero-order valence-electron chi connectivity index (χ0n) is 10.9. The van der Waals surface area contributed by atoms with E-state index in [2.05, 4.69) is 0 Å². The first-order valence-electron chi connectivity index (χ1n) is 6.61. The maximum atomic E-state index is 12.2. The second kappa shape index (κ2) is 4.88. The normalized spacial score (nSPS) is 34.2. The van der Waals surface area contributed by atoms with Gasteiger partial charge in [-0.05, 0) is 18.8 Å². The highest BCUT2D eigenvalue weighted by Crippen LogP contribution is 2.38. The van der Waals surface area contributed by atoms with E-state index in [0.29, 0.717) is 19.0 Å². The van der Waals surface area contributed by atoms with Gasteiger partial charge in [0.05, 0.1) is 12.0 Å². The first-order chi connectivity index (χ1) is 8.41. The summed E-state index contributed by atoms with van der Waals surface area (Å²) in [6, 6.07) is 0. The molecule has 0 bridgehead atoms. The van der Waals surface area contributed by atoms with Crippen molar-refractivity contribution in [3.63, 3.8) is 0 Å². The van der Waals surface area contributed by atoms with Crippen LogP contribution in [0.3, 0.4) is 0 Å². The molecule has 1 aliphatic heterocycles. The van der Waals surface area contributed by atoms with Crippen molar-refractivity contribution in [2.24, 2.45) is 23.7 Å². The van der Waals surface area contributed by atoms with E-state index >= 15 is 0 Å². The summed E-state index contributed by atoms with van der Waals surface area (Å²) >= 11 is 0. The fourth-order valence-electron chi connectivity index (χ4n) is 3.13. The Kier molecular flexibility index (Phi) is 3.61. The summed E-state index contributed by atoms with van der Waals surface area (Å²) in [5, 5.41) is 18.7. The van der Waals surface area contributed by atoms with Crippen molar-refractivity contribution in [1.82, 2.24) is 4.90 Å². The summed E-state index contributed by atoms with van der Waals surface area (Å²) in [5.41, 5.74) is 0. The number of aliphatic carboxylic acids is 1. The molecular formula is C13H21NO4. The summed E-state index contributed by atoms with van der Waals surface area (Å²) in [7, 11) is 0. The Bertz CT molecular complexity index is 357. The van der Waals surface area contributed by atoms with E-state index < -0.39 is 17.8 Å². The Morgan fingerprint density at radius 3 is 2.39 bits per heavy atom. The van der Waals surface area contributed by atoms with Gasteiger partial charge >= 0.3 is 5.97 Å². The lowest BCUT2D eigenvalue weighted by molar-refractivity contribution is -0.148. The first-order valence-corrected chi connectivity index (χ1v) is 6.61. The minimum Gasteiger partial charge on any atom is -0.481 e. The van der Waals surface area contributed by atoms with Gasteiger partial charge in [0.25, 0.3) is 0 Å². The van der Waals surface area contributed by atoms with E-state index in [1.165, 1.54) is 0 Å². The van der Waals surface area contributed by atoms with Gasteiger partial charge in [-0.15, -0.1) is 0 Å². The minimum absolute atomic E-state index is 0.0912. The number of carboxylic acids is 1. The van der Waals surface area contributed by atoms with Gasteiger partial charge in [-0.25, -0.2) is 0 Å². The van der Waals surface area contributed by atoms with Crippen molar-refractivity contribution in [2.75, 3.05) is 13.1 Å². The molecule has 5 nitrogen and oxygen atoms in total. The zero-order chi connectivity index (χ0) is 13.4. The highest BCUT2D eigenvalue weighted by molar-refractivity contribution is 5.84. The molecule has 0 aromatic heterocycles. The van der Waals surface area contributed by atoms with Crippen molar-refractivity contribution in [1.29, 1.82) is 0 Å². The molecule has 5 heteroatoms. The summed E-state index contributed by atoms with van der Waals surface area (Å²) in [6.07, 6.45) is 1.51. The highest BCUT2D eigenvalue weighted by atomic mass is 16.4. The molecule has 1 aliphatic carbocycles. The van der Waals surface area contributed by atoms with Crippen LogP contribution >= 0.6 is 0 Å². The van der Waals surface area contributed by atoms with Crippen molar-refractivity contribution in [3.8, 4) is 0 Å². The number of likely N-dealkylation sites (tertiary alicyclic amines) is 1. The largest absolute Gasteiger partial charge is 0.481 e. The smallest absolute Gasteiger partial charge is 0.307 e. The van der Waals surface area contributed by atoms with Crippen LogP contribution in [0.4, 0.5) is 0 Å². The highest BCUT2D eigenvalue weighted by Gasteiger charge is 2.44. The average molecular weight is 255 g/mol. The molecule has 18 heavy (non-hydrogen) atoms. The third-order valence-corrected chi connectivity index (χ3v) is 4.66. The zero-order valence-corrected chi connectivity index (χ0v) is 10.9. The number of carboxylic acid groups (broad SMARTS) is 1. The van der Waals surface area contributed by atoms with Crippen molar-refractivity contribution >= 4 is 11.9 Å². The number of carbonyl (C=O) groups excluding carboxylic acids is 1. The molecular weight excluding hydrogens is 234 g/mol. The quantitative estimate of drug-likeness (QED) is 0.773. The molecule has 1 heterocycles. The van der Waals surface area contributed by atoms with Gasteiger partial charge in [-0.2, -0.15) is 0 Å². The Labute approximate surface area is 107 Å². The van der Waals surface area contributed by atoms with E-state index in [4.69, 9.17) is 5.11 Å². The number of aliphatic hydroxyl groups excluding tert-OH is 1. The lowest BCUT2D eigenvalue weighted by Gasteiger charge is -2.24. The number of carbonyl (C=O) groups is 2. The van der Waals surface area contributed by atoms with E-state index in [0.717, 1.165) is 12.8 Å². The molecule has 0 aromatic carbocycles. The van der Waals surface area contributed by atoms with Crippen molar-refractivity contribution in [2.45, 2.75) is 32.8 Å². The number of aliphatic hydroxyl groups is 1. The molecule has 1 amide bonds. The lowest BCUT2D eigenvalue weighted by Crippen LogP contribution is -2.38. The van der Waals surface area contributed by atoms with Crippen LogP contribution < -0.4 is 0 Å². The number of hydrogen-bond donors (Lipinski definition) is 2. The van der Waals surface area contributed by atoms with Gasteiger partial charge in [0.2, 0.25) is 5.91 Å². The molecule has 2 fully saturated rings. The Morgan fingerprint density at radius 1 is 1.17 bits per heavy atom. The van der Waals surface area contributed by atoms with Crippen LogP contribution in [0, 0.1) is 23.7 Å². The van der Waals surface area contributed by atoms with Gasteiger partial charge in [0.15, 0.2) is 0 Å². The number of hydrogen-bond acceptors (Lipinski definition) is 3.